The molecule has 5 nitrogen and oxygen atoms in total. The minimum absolute atomic E-state index is 0.430. The van der Waals surface area contributed by atoms with Gasteiger partial charge in [-0.2, -0.15) is 0 Å². The molecule has 0 atom stereocenters. The molecule has 1 saturated heterocycles. The molecule has 5 heteroatoms. The lowest BCUT2D eigenvalue weighted by Crippen LogP contribution is -2.40. The summed E-state index contributed by atoms with van der Waals surface area (Å²) in [7, 11) is 0. The molecular weight excluding hydrogens is 220 g/mol. The average molecular weight is 234 g/mol. The van der Waals surface area contributed by atoms with Crippen LogP contribution in [0.5, 0.6) is 0 Å². The van der Waals surface area contributed by atoms with Gasteiger partial charge in [0, 0.05) is 13.1 Å². The Kier molecular flexibility index (Phi) is 4.10. The van der Waals surface area contributed by atoms with Gasteiger partial charge in [0.25, 0.3) is 0 Å². The zero-order chi connectivity index (χ0) is 11.9. The standard InChI is InChI=1S/C12H14N2O3/c15-12(14-6-8-16-9-7-14)17-13-10-11-4-2-1-3-5-11/h1-5,10H,6-9H2. The number of benzene rings is 1. The van der Waals surface area contributed by atoms with Gasteiger partial charge in [-0.1, -0.05) is 35.5 Å². The second-order valence-electron chi connectivity index (χ2n) is 3.60. The second kappa shape index (κ2) is 6.00. The maximum Gasteiger partial charge on any atom is 0.436 e. The summed E-state index contributed by atoms with van der Waals surface area (Å²) in [4.78, 5) is 17.9. The lowest BCUT2D eigenvalue weighted by atomic mass is 10.2. The Morgan fingerprint density at radius 3 is 2.71 bits per heavy atom. The van der Waals surface area contributed by atoms with Crippen molar-refractivity contribution in [1.82, 2.24) is 4.90 Å². The molecule has 1 aliphatic heterocycles. The molecule has 0 radical (unpaired) electrons. The number of carbonyl (C=O) groups is 1. The van der Waals surface area contributed by atoms with Crippen LogP contribution in [0.4, 0.5) is 4.79 Å². The fraction of sp³-hybridized carbons (Fsp3) is 0.333. The van der Waals surface area contributed by atoms with E-state index in [4.69, 9.17) is 9.57 Å². The summed E-state index contributed by atoms with van der Waals surface area (Å²) in [5.74, 6) is 0. The van der Waals surface area contributed by atoms with Crippen molar-refractivity contribution >= 4 is 12.3 Å². The number of oxime groups is 1. The maximum absolute atomic E-state index is 11.5. The van der Waals surface area contributed by atoms with Crippen molar-refractivity contribution in [2.75, 3.05) is 26.3 Å². The van der Waals surface area contributed by atoms with E-state index in [0.717, 1.165) is 5.56 Å². The van der Waals surface area contributed by atoms with Crippen LogP contribution in [0.1, 0.15) is 5.56 Å². The Morgan fingerprint density at radius 2 is 2.00 bits per heavy atom. The summed E-state index contributed by atoms with van der Waals surface area (Å²) in [5.41, 5.74) is 0.891. The number of hydrogen-bond donors (Lipinski definition) is 0. The first-order chi connectivity index (χ1) is 8.36. The second-order valence-corrected chi connectivity index (χ2v) is 3.60. The zero-order valence-corrected chi connectivity index (χ0v) is 9.41. The third-order valence-electron chi connectivity index (χ3n) is 2.40. The number of hydrogen-bond acceptors (Lipinski definition) is 4. The fourth-order valence-corrected chi connectivity index (χ4v) is 1.48. The number of amides is 1. The molecule has 1 aliphatic rings. The molecule has 0 saturated carbocycles. The van der Waals surface area contributed by atoms with E-state index in [1.165, 1.54) is 6.21 Å². The van der Waals surface area contributed by atoms with Crippen molar-refractivity contribution in [1.29, 1.82) is 0 Å². The van der Waals surface area contributed by atoms with Gasteiger partial charge >= 0.3 is 6.09 Å². The number of rotatable bonds is 2. The fourth-order valence-electron chi connectivity index (χ4n) is 1.48. The molecule has 1 fully saturated rings. The van der Waals surface area contributed by atoms with Crippen LogP contribution in [0.3, 0.4) is 0 Å². The van der Waals surface area contributed by atoms with Crippen LogP contribution in [0.15, 0.2) is 35.5 Å². The van der Waals surface area contributed by atoms with E-state index in [-0.39, 0.29) is 0 Å². The summed E-state index contributed by atoms with van der Waals surface area (Å²) in [6, 6.07) is 9.46. The van der Waals surface area contributed by atoms with Gasteiger partial charge in [-0.25, -0.2) is 4.79 Å². The van der Waals surface area contributed by atoms with Crippen molar-refractivity contribution in [2.45, 2.75) is 0 Å². The summed E-state index contributed by atoms with van der Waals surface area (Å²) in [6.07, 6.45) is 1.08. The molecule has 0 bridgehead atoms. The van der Waals surface area contributed by atoms with E-state index in [9.17, 15) is 4.79 Å². The molecule has 1 heterocycles. The van der Waals surface area contributed by atoms with Gasteiger partial charge in [-0.3, -0.25) is 4.84 Å². The van der Waals surface area contributed by atoms with Crippen LogP contribution in [0.2, 0.25) is 0 Å². The van der Waals surface area contributed by atoms with Crippen molar-refractivity contribution in [3.05, 3.63) is 35.9 Å². The Balaban J connectivity index is 1.81. The monoisotopic (exact) mass is 234 g/mol. The normalized spacial score (nSPS) is 16.1. The van der Waals surface area contributed by atoms with Crippen LogP contribution in [0.25, 0.3) is 0 Å². The molecule has 0 N–H and O–H groups in total. The number of nitrogens with zero attached hydrogens (tertiary/aromatic N) is 2. The first-order valence-corrected chi connectivity index (χ1v) is 5.48. The van der Waals surface area contributed by atoms with Crippen molar-refractivity contribution in [2.24, 2.45) is 5.16 Å². The SMILES string of the molecule is O=C(ON=Cc1ccccc1)N1CCOCC1. The quantitative estimate of drug-likeness (QED) is 0.442. The highest BCUT2D eigenvalue weighted by Crippen LogP contribution is 2.00. The van der Waals surface area contributed by atoms with Gasteiger partial charge in [0.2, 0.25) is 0 Å². The van der Waals surface area contributed by atoms with Gasteiger partial charge in [0.05, 0.1) is 19.4 Å². The van der Waals surface area contributed by atoms with E-state index in [1.54, 1.807) is 4.90 Å². The maximum atomic E-state index is 11.5. The summed E-state index contributed by atoms with van der Waals surface area (Å²) in [5, 5.41) is 3.66. The first-order valence-electron chi connectivity index (χ1n) is 5.48. The van der Waals surface area contributed by atoms with Crippen molar-refractivity contribution < 1.29 is 14.4 Å². The smallest absolute Gasteiger partial charge is 0.378 e. The number of carbonyl (C=O) groups excluding carboxylic acids is 1. The van der Waals surface area contributed by atoms with Crippen molar-refractivity contribution in [3.8, 4) is 0 Å². The first kappa shape index (κ1) is 11.6. The molecule has 1 aromatic rings. The van der Waals surface area contributed by atoms with E-state index < -0.39 is 6.09 Å². The number of morpholine rings is 1. The molecule has 0 spiro atoms. The summed E-state index contributed by atoms with van der Waals surface area (Å²) in [6.45, 7) is 2.22. The molecule has 0 aromatic heterocycles. The highest BCUT2D eigenvalue weighted by molar-refractivity contribution is 5.79. The molecule has 1 aromatic carbocycles. The summed E-state index contributed by atoms with van der Waals surface area (Å²) >= 11 is 0. The van der Waals surface area contributed by atoms with E-state index in [0.29, 0.717) is 26.3 Å². The van der Waals surface area contributed by atoms with Gasteiger partial charge in [0.1, 0.15) is 0 Å². The van der Waals surface area contributed by atoms with E-state index in [2.05, 4.69) is 5.16 Å². The van der Waals surface area contributed by atoms with Crippen LogP contribution in [-0.2, 0) is 9.57 Å². The lowest BCUT2D eigenvalue weighted by molar-refractivity contribution is 0.0281. The highest BCUT2D eigenvalue weighted by Gasteiger charge is 2.17. The van der Waals surface area contributed by atoms with Crippen molar-refractivity contribution in [3.63, 3.8) is 0 Å². The zero-order valence-electron chi connectivity index (χ0n) is 9.41. The molecule has 0 unspecified atom stereocenters. The Labute approximate surface area is 99.6 Å². The van der Waals surface area contributed by atoms with Crippen LogP contribution in [-0.4, -0.2) is 43.5 Å². The third-order valence-corrected chi connectivity index (χ3v) is 2.40. The van der Waals surface area contributed by atoms with Crippen LogP contribution >= 0.6 is 0 Å². The molecule has 90 valence electrons. The predicted octanol–water partition coefficient (Wildman–Crippen LogP) is 1.49. The van der Waals surface area contributed by atoms with Gasteiger partial charge in [-0.05, 0) is 5.56 Å². The van der Waals surface area contributed by atoms with E-state index in [1.807, 2.05) is 30.3 Å². The molecule has 17 heavy (non-hydrogen) atoms. The van der Waals surface area contributed by atoms with Gasteiger partial charge in [-0.15, -0.1) is 0 Å². The highest BCUT2D eigenvalue weighted by atomic mass is 16.7. The minimum atomic E-state index is -0.430. The number of ether oxygens (including phenoxy) is 1. The van der Waals surface area contributed by atoms with Gasteiger partial charge < -0.3 is 9.64 Å². The third kappa shape index (κ3) is 3.57. The lowest BCUT2D eigenvalue weighted by Gasteiger charge is -2.24. The molecule has 2 rings (SSSR count). The van der Waals surface area contributed by atoms with Gasteiger partial charge in [0.15, 0.2) is 0 Å². The van der Waals surface area contributed by atoms with E-state index >= 15 is 0 Å². The Morgan fingerprint density at radius 1 is 1.29 bits per heavy atom. The average Bonchev–Trinajstić information content (AvgIpc) is 2.41. The Hall–Kier alpha value is -1.88. The summed E-state index contributed by atoms with van der Waals surface area (Å²) < 4.78 is 5.14. The van der Waals surface area contributed by atoms with Crippen LogP contribution in [0, 0.1) is 0 Å². The molecule has 1 amide bonds. The molecule has 0 aliphatic carbocycles. The predicted molar refractivity (Wildman–Crippen MR) is 62.9 cm³/mol. The largest absolute Gasteiger partial charge is 0.436 e. The molecular formula is C12H14N2O3. The topological polar surface area (TPSA) is 51.1 Å². The Bertz CT molecular complexity index is 386. The minimum Gasteiger partial charge on any atom is -0.378 e. The van der Waals surface area contributed by atoms with Crippen LogP contribution < -0.4 is 0 Å².